The smallest absolute Gasteiger partial charge is 0.307 e. The quantitative estimate of drug-likeness (QED) is 0.495. The summed E-state index contributed by atoms with van der Waals surface area (Å²) in [6.45, 7) is 1.20. The third kappa shape index (κ3) is 3.01. The van der Waals surface area contributed by atoms with Crippen molar-refractivity contribution in [2.75, 3.05) is 0 Å². The molecule has 0 radical (unpaired) electrons. The first-order valence-corrected chi connectivity index (χ1v) is 3.52. The molecule has 0 saturated heterocycles. The van der Waals surface area contributed by atoms with Crippen LogP contribution < -0.4 is 0 Å². The van der Waals surface area contributed by atoms with Crippen molar-refractivity contribution < 1.29 is 12.3 Å². The van der Waals surface area contributed by atoms with Gasteiger partial charge in [0.15, 0.2) is 0 Å². The van der Waals surface area contributed by atoms with E-state index in [-0.39, 0.29) is 6.05 Å². The van der Waals surface area contributed by atoms with Crippen molar-refractivity contribution in [2.45, 2.75) is 6.92 Å². The van der Waals surface area contributed by atoms with Crippen molar-refractivity contribution in [3.8, 4) is 0 Å². The Labute approximate surface area is 74.3 Å². The summed E-state index contributed by atoms with van der Waals surface area (Å²) in [6, 6.07) is 8.59. The lowest BCUT2D eigenvalue weighted by Gasteiger charge is -1.91. The van der Waals surface area contributed by atoms with Crippen LogP contribution in [0.3, 0.4) is 0 Å². The Bertz CT molecular complexity index is 358. The molecule has 0 spiro atoms. The van der Waals surface area contributed by atoms with Gasteiger partial charge in [0.05, 0.1) is 7.61 Å². The normalized spacial score (nSPS) is 14.1. The fourth-order valence-electron chi connectivity index (χ4n) is 0.678. The highest BCUT2D eigenvalue weighted by molar-refractivity contribution is 5.67. The lowest BCUT2D eigenvalue weighted by molar-refractivity contribution is -0.135. The summed E-state index contributed by atoms with van der Waals surface area (Å²) in [5.41, 5.74) is 0.554. The average Bonchev–Trinajstić information content (AvgIpc) is 2.17. The zero-order valence-corrected chi connectivity index (χ0v) is 6.70. The molecule has 12 heavy (non-hydrogen) atoms. The molecule has 1 aromatic rings. The molecule has 0 N–H and O–H groups in total. The summed E-state index contributed by atoms with van der Waals surface area (Å²) >= 11 is 0. The van der Waals surface area contributed by atoms with E-state index >= 15 is 0 Å². The van der Waals surface area contributed by atoms with Crippen molar-refractivity contribution in [1.82, 2.24) is 0 Å². The number of esters is 1. The van der Waals surface area contributed by atoms with E-state index in [0.717, 1.165) is 0 Å². The second-order valence-electron chi connectivity index (χ2n) is 2.19. The highest BCUT2D eigenvalue weighted by atomic mass is 16.5. The largest absolute Gasteiger partial charge is 0.435 e. The zero-order chi connectivity index (χ0) is 10.6. The van der Waals surface area contributed by atoms with E-state index in [1.54, 1.807) is 24.3 Å². The van der Waals surface area contributed by atoms with Crippen LogP contribution in [0.25, 0.3) is 6.05 Å². The highest BCUT2D eigenvalue weighted by Crippen LogP contribution is 2.00. The SMILES string of the molecule is [2H]/C(OC(C)=O)=C(/[2H])c1ccccc1. The van der Waals surface area contributed by atoms with Gasteiger partial charge in [-0.1, -0.05) is 30.3 Å². The van der Waals surface area contributed by atoms with Gasteiger partial charge in [-0.2, -0.15) is 0 Å². The fraction of sp³-hybridized carbons (Fsp3) is 0.100. The molecular weight excluding hydrogens is 152 g/mol. The summed E-state index contributed by atoms with van der Waals surface area (Å²) in [7, 11) is 0. The number of carbonyl (C=O) groups is 1. The lowest BCUT2D eigenvalue weighted by Crippen LogP contribution is -1.88. The zero-order valence-electron chi connectivity index (χ0n) is 8.70. The lowest BCUT2D eigenvalue weighted by atomic mass is 10.2. The predicted octanol–water partition coefficient (Wildman–Crippen LogP) is 2.22. The van der Waals surface area contributed by atoms with Crippen LogP contribution in [-0.4, -0.2) is 5.97 Å². The molecule has 0 saturated carbocycles. The Morgan fingerprint density at radius 1 is 1.50 bits per heavy atom. The Kier molecular flexibility index (Phi) is 2.17. The highest BCUT2D eigenvalue weighted by Gasteiger charge is 1.85. The standard InChI is InChI=1S/C10H10O2/c1-9(11)12-8-7-10-5-3-2-4-6-10/h2-8H,1H3/b8-7+/i7D,8D. The maximum absolute atomic E-state index is 10.5. The van der Waals surface area contributed by atoms with Crippen molar-refractivity contribution in [3.05, 3.63) is 42.1 Å². The molecule has 0 unspecified atom stereocenters. The average molecular weight is 164 g/mol. The fourth-order valence-corrected chi connectivity index (χ4v) is 0.678. The van der Waals surface area contributed by atoms with Gasteiger partial charge in [-0.25, -0.2) is 0 Å². The maximum Gasteiger partial charge on any atom is 0.307 e. The van der Waals surface area contributed by atoms with Crippen LogP contribution in [0, 0.1) is 0 Å². The minimum atomic E-state index is -0.587. The molecule has 0 aliphatic rings. The topological polar surface area (TPSA) is 26.3 Å². The van der Waals surface area contributed by atoms with Gasteiger partial charge in [0, 0.05) is 6.92 Å². The van der Waals surface area contributed by atoms with E-state index in [2.05, 4.69) is 4.74 Å². The summed E-state index contributed by atoms with van der Waals surface area (Å²) in [5, 5.41) is 0. The van der Waals surface area contributed by atoms with Crippen molar-refractivity contribution in [3.63, 3.8) is 0 Å². The number of hydrogen-bond acceptors (Lipinski definition) is 2. The molecular formula is C10H10O2. The molecule has 0 bridgehead atoms. The van der Waals surface area contributed by atoms with Crippen molar-refractivity contribution in [1.29, 1.82) is 0 Å². The van der Waals surface area contributed by atoms with Gasteiger partial charge in [0.25, 0.3) is 0 Å². The number of benzene rings is 1. The van der Waals surface area contributed by atoms with Gasteiger partial charge in [-0.15, -0.1) is 0 Å². The van der Waals surface area contributed by atoms with Crippen LogP contribution in [-0.2, 0) is 9.53 Å². The van der Waals surface area contributed by atoms with Crippen molar-refractivity contribution >= 4 is 12.0 Å². The second kappa shape index (κ2) is 4.34. The first kappa shape index (κ1) is 6.00. The number of carbonyl (C=O) groups excluding carboxylic acids is 1. The second-order valence-corrected chi connectivity index (χ2v) is 2.19. The van der Waals surface area contributed by atoms with Crippen LogP contribution in [0.1, 0.15) is 15.2 Å². The van der Waals surface area contributed by atoms with Crippen LogP contribution in [0.15, 0.2) is 36.6 Å². The molecule has 1 rings (SSSR count). The van der Waals surface area contributed by atoms with E-state index in [1.165, 1.54) is 6.92 Å². The summed E-state index contributed by atoms with van der Waals surface area (Å²) in [6.07, 6.45) is -0.427. The molecule has 0 aliphatic heterocycles. The van der Waals surface area contributed by atoms with Crippen LogP contribution in [0.2, 0.25) is 0 Å². The minimum Gasteiger partial charge on any atom is -0.435 e. The first-order chi connectivity index (χ1) is 6.61. The van der Waals surface area contributed by atoms with E-state index in [4.69, 9.17) is 2.74 Å². The third-order valence-electron chi connectivity index (χ3n) is 1.16. The summed E-state index contributed by atoms with van der Waals surface area (Å²) in [4.78, 5) is 10.5. The molecule has 2 nitrogen and oxygen atoms in total. The Hall–Kier alpha value is -1.57. The Morgan fingerprint density at radius 3 is 2.75 bits per heavy atom. The van der Waals surface area contributed by atoms with Gasteiger partial charge >= 0.3 is 5.97 Å². The number of rotatable bonds is 2. The molecule has 0 atom stereocenters. The summed E-state index contributed by atoms with van der Waals surface area (Å²) < 4.78 is 19.3. The molecule has 0 heterocycles. The van der Waals surface area contributed by atoms with Gasteiger partial charge < -0.3 is 4.74 Å². The van der Waals surface area contributed by atoms with Crippen molar-refractivity contribution in [2.24, 2.45) is 0 Å². The van der Waals surface area contributed by atoms with E-state index < -0.39 is 12.2 Å². The van der Waals surface area contributed by atoms with E-state index in [1.807, 2.05) is 6.07 Å². The van der Waals surface area contributed by atoms with Gasteiger partial charge in [-0.3, -0.25) is 4.79 Å². The maximum atomic E-state index is 10.5. The van der Waals surface area contributed by atoms with Gasteiger partial charge in [-0.05, 0) is 11.6 Å². The number of hydrogen-bond donors (Lipinski definition) is 0. The van der Waals surface area contributed by atoms with Crippen LogP contribution in [0.4, 0.5) is 0 Å². The molecule has 0 fully saturated rings. The molecule has 62 valence electrons. The predicted molar refractivity (Wildman–Crippen MR) is 47.2 cm³/mol. The Morgan fingerprint density at radius 2 is 2.17 bits per heavy atom. The molecule has 0 aliphatic carbocycles. The number of ether oxygens (including phenoxy) is 1. The molecule has 0 aromatic heterocycles. The first-order valence-electron chi connectivity index (χ1n) is 4.52. The van der Waals surface area contributed by atoms with E-state index in [9.17, 15) is 4.79 Å². The Balaban J connectivity index is 2.93. The summed E-state index contributed by atoms with van der Waals surface area (Å²) in [5.74, 6) is -0.587. The molecule has 1 aromatic carbocycles. The molecule has 2 heteroatoms. The third-order valence-corrected chi connectivity index (χ3v) is 1.16. The molecule has 0 amide bonds. The van der Waals surface area contributed by atoms with E-state index in [0.29, 0.717) is 5.56 Å². The van der Waals surface area contributed by atoms with Gasteiger partial charge in [0.2, 0.25) is 0 Å². The van der Waals surface area contributed by atoms with Gasteiger partial charge in [0.1, 0.15) is 1.37 Å². The van der Waals surface area contributed by atoms with Crippen LogP contribution in [0.5, 0.6) is 0 Å². The monoisotopic (exact) mass is 164 g/mol. The minimum absolute atomic E-state index is 0.0965. The van der Waals surface area contributed by atoms with Crippen LogP contribution >= 0.6 is 0 Å².